The Morgan fingerprint density at radius 1 is 1.23 bits per heavy atom. The maximum Gasteiger partial charge on any atom is 0.247 e. The predicted molar refractivity (Wildman–Crippen MR) is 141 cm³/mol. The number of carbonyl (C=O) groups excluding carboxylic acids is 3. The first-order valence-corrected chi connectivity index (χ1v) is 13.8. The highest BCUT2D eigenvalue weighted by Gasteiger charge is 2.78. The summed E-state index contributed by atoms with van der Waals surface area (Å²) >= 11 is 1.68. The molecule has 0 saturated carbocycles. The number of nitrogens with zero attached hydrogens (tertiary/aromatic N) is 3. The standard InChI is InChI=1S/C27H43N3O4S/c1-8-12-18(5)29(16-10-3)25(34)22-27-14-13-26(6,35-27)20(23(32)28(7)15-9-2)21(27)24(33)30(22)19(11-4)17-31/h9-10,18-22,31H,2-3,8,11-17H2,1,4-7H3/t18?,19-,20-,21-,22?,26+,27?/m0/s1. The molecule has 0 aromatic heterocycles. The van der Waals surface area contributed by atoms with Gasteiger partial charge in [0.25, 0.3) is 0 Å². The van der Waals surface area contributed by atoms with Crippen molar-refractivity contribution in [2.45, 2.75) is 87.4 Å². The highest BCUT2D eigenvalue weighted by Crippen LogP contribution is 2.72. The first-order chi connectivity index (χ1) is 16.6. The minimum Gasteiger partial charge on any atom is -0.394 e. The van der Waals surface area contributed by atoms with Crippen molar-refractivity contribution >= 4 is 29.5 Å². The van der Waals surface area contributed by atoms with Crippen LogP contribution < -0.4 is 0 Å². The average Bonchev–Trinajstić information content (AvgIpc) is 3.39. The molecule has 3 saturated heterocycles. The van der Waals surface area contributed by atoms with Gasteiger partial charge < -0.3 is 19.8 Å². The van der Waals surface area contributed by atoms with E-state index in [2.05, 4.69) is 27.0 Å². The maximum atomic E-state index is 14.4. The maximum absolute atomic E-state index is 14.4. The van der Waals surface area contributed by atoms with Gasteiger partial charge in [-0.1, -0.05) is 32.4 Å². The Kier molecular flexibility index (Phi) is 8.47. The number of aliphatic hydroxyl groups is 1. The third kappa shape index (κ3) is 4.35. The fourth-order valence-electron chi connectivity index (χ4n) is 6.70. The van der Waals surface area contributed by atoms with E-state index in [1.54, 1.807) is 40.8 Å². The number of likely N-dealkylation sites (tertiary alicyclic amines) is 1. The van der Waals surface area contributed by atoms with Crippen LogP contribution in [0.3, 0.4) is 0 Å². The van der Waals surface area contributed by atoms with Gasteiger partial charge in [0.05, 0.1) is 29.2 Å². The minimum absolute atomic E-state index is 0.00227. The second-order valence-electron chi connectivity index (χ2n) is 10.6. The van der Waals surface area contributed by atoms with Crippen molar-refractivity contribution in [2.24, 2.45) is 11.8 Å². The number of fused-ring (bicyclic) bond motifs is 1. The van der Waals surface area contributed by atoms with Crippen molar-refractivity contribution < 1.29 is 19.5 Å². The van der Waals surface area contributed by atoms with Crippen LogP contribution >= 0.6 is 11.8 Å². The van der Waals surface area contributed by atoms with Gasteiger partial charge in [0.2, 0.25) is 17.7 Å². The van der Waals surface area contributed by atoms with Crippen molar-refractivity contribution in [3.8, 4) is 0 Å². The molecule has 0 radical (unpaired) electrons. The summed E-state index contributed by atoms with van der Waals surface area (Å²) in [6, 6.07) is -1.16. The topological polar surface area (TPSA) is 81.2 Å². The molecule has 3 unspecified atom stereocenters. The molecule has 196 valence electrons. The molecule has 0 aromatic carbocycles. The van der Waals surface area contributed by atoms with Gasteiger partial charge in [0, 0.05) is 30.9 Å². The van der Waals surface area contributed by atoms with Crippen molar-refractivity contribution in [1.29, 1.82) is 0 Å². The molecular weight excluding hydrogens is 462 g/mol. The van der Waals surface area contributed by atoms with Crippen LogP contribution in [-0.2, 0) is 14.4 Å². The van der Waals surface area contributed by atoms with Gasteiger partial charge >= 0.3 is 0 Å². The second-order valence-corrected chi connectivity index (χ2v) is 12.5. The van der Waals surface area contributed by atoms with E-state index in [1.807, 2.05) is 18.7 Å². The van der Waals surface area contributed by atoms with Crippen LogP contribution in [0.2, 0.25) is 0 Å². The molecule has 3 rings (SSSR count). The summed E-state index contributed by atoms with van der Waals surface area (Å²) in [5, 5.41) is 10.2. The van der Waals surface area contributed by atoms with E-state index >= 15 is 0 Å². The zero-order chi connectivity index (χ0) is 26.1. The molecule has 3 fully saturated rings. The van der Waals surface area contributed by atoms with Crippen LogP contribution in [0.1, 0.15) is 59.8 Å². The number of hydrogen-bond acceptors (Lipinski definition) is 5. The molecule has 7 nitrogen and oxygen atoms in total. The molecule has 2 bridgehead atoms. The summed E-state index contributed by atoms with van der Waals surface area (Å²) in [6.07, 6.45) is 7.24. The Balaban J connectivity index is 2.13. The number of hydrogen-bond donors (Lipinski definition) is 1. The van der Waals surface area contributed by atoms with Gasteiger partial charge in [-0.15, -0.1) is 24.9 Å². The normalized spacial score (nSPS) is 32.8. The molecule has 7 atom stereocenters. The lowest BCUT2D eigenvalue weighted by Crippen LogP contribution is -2.58. The van der Waals surface area contributed by atoms with Crippen LogP contribution in [-0.4, -0.2) is 91.9 Å². The molecule has 0 aromatic rings. The number of rotatable bonds is 12. The molecule has 3 aliphatic rings. The number of aliphatic hydroxyl groups excluding tert-OH is 1. The third-order valence-corrected chi connectivity index (χ3v) is 10.4. The van der Waals surface area contributed by atoms with Gasteiger partial charge in [-0.25, -0.2) is 0 Å². The Bertz CT molecular complexity index is 861. The Hall–Kier alpha value is -1.80. The zero-order valence-electron chi connectivity index (χ0n) is 22.0. The van der Waals surface area contributed by atoms with E-state index in [0.717, 1.165) is 19.3 Å². The van der Waals surface area contributed by atoms with Crippen molar-refractivity contribution in [3.63, 3.8) is 0 Å². The van der Waals surface area contributed by atoms with E-state index in [0.29, 0.717) is 25.9 Å². The Morgan fingerprint density at radius 2 is 1.89 bits per heavy atom. The number of thioether (sulfide) groups is 1. The SMILES string of the molecule is C=CCN(C)C(=O)[C@@H]1[C@H]2C(=O)N([C@@H](CC)CO)C(C(=O)N(CC=C)C(C)CCC)C23CC[C@@]1(C)S3. The summed E-state index contributed by atoms with van der Waals surface area (Å²) in [5.41, 5.74) is 0. The smallest absolute Gasteiger partial charge is 0.247 e. The summed E-state index contributed by atoms with van der Waals surface area (Å²) in [5.74, 6) is -1.39. The Morgan fingerprint density at radius 3 is 2.43 bits per heavy atom. The second kappa shape index (κ2) is 10.7. The summed E-state index contributed by atoms with van der Waals surface area (Å²) in [7, 11) is 1.75. The van der Waals surface area contributed by atoms with Crippen LogP contribution in [0.4, 0.5) is 0 Å². The van der Waals surface area contributed by atoms with Crippen LogP contribution in [0.5, 0.6) is 0 Å². The molecule has 35 heavy (non-hydrogen) atoms. The predicted octanol–water partition coefficient (Wildman–Crippen LogP) is 3.09. The van der Waals surface area contributed by atoms with Gasteiger partial charge in [0.15, 0.2) is 0 Å². The summed E-state index contributed by atoms with van der Waals surface area (Å²) < 4.78 is -1.08. The molecule has 3 amide bonds. The van der Waals surface area contributed by atoms with Crippen molar-refractivity contribution in [1.82, 2.24) is 14.7 Å². The van der Waals surface area contributed by atoms with Crippen LogP contribution in [0.25, 0.3) is 0 Å². The molecule has 3 aliphatic heterocycles. The Labute approximate surface area is 215 Å². The lowest BCUT2D eigenvalue weighted by atomic mass is 9.66. The van der Waals surface area contributed by atoms with E-state index < -0.39 is 33.4 Å². The quantitative estimate of drug-likeness (QED) is 0.412. The molecular formula is C27H43N3O4S. The first kappa shape index (κ1) is 27.8. The van der Waals surface area contributed by atoms with E-state index in [-0.39, 0.29) is 30.4 Å². The van der Waals surface area contributed by atoms with Crippen LogP contribution in [0, 0.1) is 11.8 Å². The van der Waals surface area contributed by atoms with Gasteiger partial charge in [-0.05, 0) is 39.5 Å². The van der Waals surface area contributed by atoms with Crippen molar-refractivity contribution in [3.05, 3.63) is 25.3 Å². The molecule has 1 spiro atoms. The molecule has 0 aliphatic carbocycles. The monoisotopic (exact) mass is 505 g/mol. The van der Waals surface area contributed by atoms with Gasteiger partial charge in [-0.2, -0.15) is 0 Å². The minimum atomic E-state index is -0.703. The third-order valence-electron chi connectivity index (χ3n) is 8.42. The highest BCUT2D eigenvalue weighted by atomic mass is 32.2. The van der Waals surface area contributed by atoms with Crippen molar-refractivity contribution in [2.75, 3.05) is 26.7 Å². The van der Waals surface area contributed by atoms with E-state index in [9.17, 15) is 19.5 Å². The zero-order valence-corrected chi connectivity index (χ0v) is 22.9. The number of carbonyl (C=O) groups is 3. The molecule has 3 heterocycles. The number of likely N-dealkylation sites (N-methyl/N-ethyl adjacent to an activating group) is 1. The van der Waals surface area contributed by atoms with Crippen LogP contribution in [0.15, 0.2) is 25.3 Å². The summed E-state index contributed by atoms with van der Waals surface area (Å²) in [4.78, 5) is 47.4. The average molecular weight is 506 g/mol. The largest absolute Gasteiger partial charge is 0.394 e. The fraction of sp³-hybridized carbons (Fsp3) is 0.741. The molecule has 1 N–H and O–H groups in total. The number of amides is 3. The van der Waals surface area contributed by atoms with Gasteiger partial charge in [0.1, 0.15) is 6.04 Å². The van der Waals surface area contributed by atoms with E-state index in [4.69, 9.17) is 0 Å². The first-order valence-electron chi connectivity index (χ1n) is 13.0. The lowest BCUT2D eigenvalue weighted by Gasteiger charge is -2.41. The fourth-order valence-corrected chi connectivity index (χ4v) is 9.03. The lowest BCUT2D eigenvalue weighted by molar-refractivity contribution is -0.148. The van der Waals surface area contributed by atoms with E-state index in [1.165, 1.54) is 0 Å². The molecule has 8 heteroatoms. The van der Waals surface area contributed by atoms with Gasteiger partial charge in [-0.3, -0.25) is 14.4 Å². The highest BCUT2D eigenvalue weighted by molar-refractivity contribution is 8.02. The summed E-state index contributed by atoms with van der Waals surface area (Å²) in [6.45, 7) is 16.4.